The van der Waals surface area contributed by atoms with E-state index in [1.165, 1.54) is 24.5 Å². The van der Waals surface area contributed by atoms with Crippen LogP contribution in [0.4, 0.5) is 5.69 Å². The molecule has 2 aromatic heterocycles. The largest absolute Gasteiger partial charge is 0.497 e. The third-order valence-electron chi connectivity index (χ3n) is 7.38. The van der Waals surface area contributed by atoms with Crippen LogP contribution in [0.2, 0.25) is 0 Å². The Labute approximate surface area is 257 Å². The Kier molecular flexibility index (Phi) is 8.96. The molecule has 1 atom stereocenters. The van der Waals surface area contributed by atoms with Gasteiger partial charge in [0.25, 0.3) is 11.2 Å². The van der Waals surface area contributed by atoms with E-state index in [-0.39, 0.29) is 29.2 Å². The molecule has 4 aromatic rings. The van der Waals surface area contributed by atoms with Gasteiger partial charge in [-0.15, -0.1) is 0 Å². The highest BCUT2D eigenvalue weighted by atomic mass is 32.1. The van der Waals surface area contributed by atoms with E-state index in [0.717, 1.165) is 17.5 Å². The van der Waals surface area contributed by atoms with Crippen LogP contribution in [0.15, 0.2) is 80.1 Å². The number of furan rings is 1. The van der Waals surface area contributed by atoms with Crippen LogP contribution < -0.4 is 19.6 Å². The third-order valence-corrected chi connectivity index (χ3v) is 8.36. The minimum Gasteiger partial charge on any atom is -0.497 e. The molecule has 0 saturated heterocycles. The van der Waals surface area contributed by atoms with Crippen molar-refractivity contribution in [2.24, 2.45) is 4.99 Å². The number of aromatic nitrogens is 1. The normalized spacial score (nSPS) is 14.9. The van der Waals surface area contributed by atoms with Gasteiger partial charge in [-0.05, 0) is 54.7 Å². The van der Waals surface area contributed by atoms with Crippen LogP contribution in [-0.4, -0.2) is 29.2 Å². The summed E-state index contributed by atoms with van der Waals surface area (Å²) >= 11 is 1.20. The number of benzene rings is 2. The van der Waals surface area contributed by atoms with Crippen molar-refractivity contribution >= 4 is 29.1 Å². The first-order valence-electron chi connectivity index (χ1n) is 14.4. The van der Waals surface area contributed by atoms with Crippen molar-refractivity contribution in [3.05, 3.63) is 113 Å². The molecule has 2 aromatic carbocycles. The number of thiazole rings is 1. The second-order valence-electron chi connectivity index (χ2n) is 10.6. The van der Waals surface area contributed by atoms with Crippen molar-refractivity contribution in [3.63, 3.8) is 0 Å². The van der Waals surface area contributed by atoms with Gasteiger partial charge < -0.3 is 13.9 Å². The lowest BCUT2D eigenvalue weighted by atomic mass is 9.92. The number of nitrogens with zero attached hydrogens (tertiary/aromatic N) is 3. The van der Waals surface area contributed by atoms with Crippen molar-refractivity contribution in [2.75, 3.05) is 13.7 Å². The second-order valence-corrected chi connectivity index (χ2v) is 11.6. The molecule has 0 saturated carbocycles. The monoisotopic (exact) mass is 615 g/mol. The van der Waals surface area contributed by atoms with Gasteiger partial charge in [-0.1, -0.05) is 62.8 Å². The van der Waals surface area contributed by atoms with E-state index in [1.54, 1.807) is 41.8 Å². The number of methoxy groups -OCH3 is 1. The zero-order valence-electron chi connectivity index (χ0n) is 25.2. The molecule has 0 aliphatic carbocycles. The highest BCUT2D eigenvalue weighted by Crippen LogP contribution is 2.35. The average molecular weight is 616 g/mol. The summed E-state index contributed by atoms with van der Waals surface area (Å²) in [4.78, 5) is 43.9. The van der Waals surface area contributed by atoms with Crippen LogP contribution in [0.1, 0.15) is 69.4 Å². The van der Waals surface area contributed by atoms with Gasteiger partial charge in [0.15, 0.2) is 4.80 Å². The number of esters is 1. The molecule has 0 amide bonds. The number of ether oxygens (including phenoxy) is 2. The molecule has 0 bridgehead atoms. The first kappa shape index (κ1) is 30.7. The molecule has 1 aliphatic rings. The first-order chi connectivity index (χ1) is 21.2. The molecule has 228 valence electrons. The maximum Gasteiger partial charge on any atom is 0.338 e. The summed E-state index contributed by atoms with van der Waals surface area (Å²) in [7, 11) is 1.44. The zero-order chi connectivity index (χ0) is 31.5. The molecular formula is C33H33N3O7S. The molecule has 0 N–H and O–H groups in total. The summed E-state index contributed by atoms with van der Waals surface area (Å²) in [5.41, 5.74) is 2.66. The Morgan fingerprint density at radius 1 is 1.16 bits per heavy atom. The summed E-state index contributed by atoms with van der Waals surface area (Å²) in [6.07, 6.45) is 2.89. The number of carbonyl (C=O) groups is 1. The summed E-state index contributed by atoms with van der Waals surface area (Å²) in [6.45, 7) is 8.16. The number of carbonyl (C=O) groups excluding carboxylic acids is 1. The lowest BCUT2D eigenvalue weighted by Crippen LogP contribution is -2.40. The molecule has 10 nitrogen and oxygen atoms in total. The molecule has 1 aliphatic heterocycles. The highest BCUT2D eigenvalue weighted by molar-refractivity contribution is 7.07. The van der Waals surface area contributed by atoms with E-state index in [1.807, 2.05) is 31.2 Å². The molecule has 11 heteroatoms. The van der Waals surface area contributed by atoms with E-state index >= 15 is 0 Å². The van der Waals surface area contributed by atoms with Gasteiger partial charge in [0.2, 0.25) is 0 Å². The quantitative estimate of drug-likeness (QED) is 0.124. The Bertz CT molecular complexity index is 1930. The van der Waals surface area contributed by atoms with Crippen molar-refractivity contribution in [1.82, 2.24) is 4.57 Å². The zero-order valence-corrected chi connectivity index (χ0v) is 26.0. The number of hydrogen-bond acceptors (Lipinski definition) is 9. The minimum atomic E-state index is -0.718. The minimum absolute atomic E-state index is 0.164. The van der Waals surface area contributed by atoms with Crippen molar-refractivity contribution in [2.45, 2.75) is 52.5 Å². The molecular weight excluding hydrogens is 582 g/mol. The molecule has 0 radical (unpaired) electrons. The van der Waals surface area contributed by atoms with Gasteiger partial charge in [-0.3, -0.25) is 19.5 Å². The molecule has 0 fully saturated rings. The Hall–Kier alpha value is -4.77. The Morgan fingerprint density at radius 3 is 2.55 bits per heavy atom. The van der Waals surface area contributed by atoms with Crippen molar-refractivity contribution in [1.29, 1.82) is 0 Å². The molecule has 0 spiro atoms. The maximum atomic E-state index is 14.0. The number of allylic oxidation sites excluding steroid dienone is 1. The number of rotatable bonds is 10. The fourth-order valence-electron chi connectivity index (χ4n) is 5.20. The fourth-order valence-corrected chi connectivity index (χ4v) is 6.20. The lowest BCUT2D eigenvalue weighted by Gasteiger charge is -2.26. The van der Waals surface area contributed by atoms with E-state index < -0.39 is 16.9 Å². The van der Waals surface area contributed by atoms with Crippen molar-refractivity contribution < 1.29 is 23.6 Å². The predicted molar refractivity (Wildman–Crippen MR) is 168 cm³/mol. The fraction of sp³-hybridized carbons (Fsp3) is 0.303. The van der Waals surface area contributed by atoms with Crippen LogP contribution in [-0.2, 0) is 9.53 Å². The summed E-state index contributed by atoms with van der Waals surface area (Å²) in [5, 5.41) is 11.7. The van der Waals surface area contributed by atoms with E-state index in [9.17, 15) is 19.7 Å². The molecule has 5 rings (SSSR count). The van der Waals surface area contributed by atoms with Crippen LogP contribution in [0.5, 0.6) is 5.75 Å². The SMILES string of the molecule is CCCC1=C(C(=O)OCC)[C@@H](c2ccc(C(C)C)cc2)n2c(s/c(=C\c3ccc(-c4ccc(OC)cc4[N+](=O)[O-])o3)c2=O)=N1. The second kappa shape index (κ2) is 12.8. The van der Waals surface area contributed by atoms with Crippen LogP contribution >= 0.6 is 11.3 Å². The van der Waals surface area contributed by atoms with Crippen LogP contribution in [0.3, 0.4) is 0 Å². The molecule has 3 heterocycles. The Balaban J connectivity index is 1.65. The van der Waals surface area contributed by atoms with E-state index in [2.05, 4.69) is 13.8 Å². The standard InChI is InChI=1S/C33H33N3O7S/c1-6-8-25-29(32(38)42-7-2)30(21-11-9-20(10-12-21)19(3)4)35-31(37)28(44-33(35)34-25)18-23-14-16-27(43-23)24-15-13-22(41-5)17-26(24)36(39)40/h9-19,30H,6-8H2,1-5H3/b28-18-/t30-/m1/s1. The van der Waals surface area contributed by atoms with Gasteiger partial charge in [-0.2, -0.15) is 0 Å². The summed E-state index contributed by atoms with van der Waals surface area (Å²) < 4.78 is 18.5. The number of hydrogen-bond donors (Lipinski definition) is 0. The predicted octanol–water partition coefficient (Wildman–Crippen LogP) is 5.88. The smallest absolute Gasteiger partial charge is 0.338 e. The number of fused-ring (bicyclic) bond motifs is 1. The lowest BCUT2D eigenvalue weighted by molar-refractivity contribution is -0.384. The first-order valence-corrected chi connectivity index (χ1v) is 15.2. The Morgan fingerprint density at radius 2 is 1.91 bits per heavy atom. The van der Waals surface area contributed by atoms with Crippen LogP contribution in [0.25, 0.3) is 17.4 Å². The average Bonchev–Trinajstić information content (AvgIpc) is 3.60. The molecule has 44 heavy (non-hydrogen) atoms. The van der Waals surface area contributed by atoms with Gasteiger partial charge in [-0.25, -0.2) is 9.79 Å². The highest BCUT2D eigenvalue weighted by Gasteiger charge is 2.34. The van der Waals surface area contributed by atoms with Gasteiger partial charge in [0.05, 0.1) is 52.1 Å². The topological polar surface area (TPSA) is 126 Å². The number of nitro groups is 1. The van der Waals surface area contributed by atoms with E-state index in [0.29, 0.717) is 44.5 Å². The van der Waals surface area contributed by atoms with Gasteiger partial charge in [0, 0.05) is 6.08 Å². The van der Waals surface area contributed by atoms with Gasteiger partial charge in [0.1, 0.15) is 17.3 Å². The van der Waals surface area contributed by atoms with Crippen LogP contribution in [0, 0.1) is 10.1 Å². The van der Waals surface area contributed by atoms with E-state index in [4.69, 9.17) is 18.9 Å². The number of nitro benzene ring substituents is 1. The summed E-state index contributed by atoms with van der Waals surface area (Å²) in [6, 6.07) is 15.0. The van der Waals surface area contributed by atoms with Crippen molar-refractivity contribution in [3.8, 4) is 17.1 Å². The maximum absolute atomic E-state index is 14.0. The molecule has 0 unspecified atom stereocenters. The third kappa shape index (κ3) is 5.87. The van der Waals surface area contributed by atoms with Gasteiger partial charge >= 0.3 is 5.97 Å². The summed E-state index contributed by atoms with van der Waals surface area (Å²) in [5.74, 6) is 0.789.